The van der Waals surface area contributed by atoms with Crippen LogP contribution in [0.4, 0.5) is 5.00 Å². The molecule has 0 radical (unpaired) electrons. The van der Waals surface area contributed by atoms with Crippen molar-refractivity contribution in [2.24, 2.45) is 7.05 Å². The minimum atomic E-state index is -0.490. The quantitative estimate of drug-likeness (QED) is 0.309. The van der Waals surface area contributed by atoms with Crippen LogP contribution in [0, 0.1) is 6.92 Å². The number of hydrogen-bond donors (Lipinski definition) is 1. The van der Waals surface area contributed by atoms with Gasteiger partial charge in [-0.25, -0.2) is 4.79 Å². The summed E-state index contributed by atoms with van der Waals surface area (Å²) in [7, 11) is 3.17. The predicted molar refractivity (Wildman–Crippen MR) is 129 cm³/mol. The number of rotatable bonds is 7. The lowest BCUT2D eigenvalue weighted by atomic mass is 10.0. The number of carbonyl (C=O) groups is 2. The van der Waals surface area contributed by atoms with E-state index in [1.54, 1.807) is 12.4 Å². The molecule has 4 aromatic rings. The van der Waals surface area contributed by atoms with Crippen LogP contribution in [0.5, 0.6) is 0 Å². The largest absolute Gasteiger partial charge is 0.465 e. The highest BCUT2D eigenvalue weighted by molar-refractivity contribution is 7.99. The number of nitrogens with zero attached hydrogens (tertiary/aromatic N) is 4. The van der Waals surface area contributed by atoms with Crippen LogP contribution in [0.3, 0.4) is 0 Å². The van der Waals surface area contributed by atoms with Gasteiger partial charge in [0.2, 0.25) is 5.91 Å². The molecule has 1 amide bonds. The molecule has 0 aliphatic heterocycles. The molecule has 1 N–H and O–H groups in total. The summed E-state index contributed by atoms with van der Waals surface area (Å²) < 4.78 is 6.83. The lowest BCUT2D eigenvalue weighted by Crippen LogP contribution is -2.16. The fourth-order valence-electron chi connectivity index (χ4n) is 3.36. The van der Waals surface area contributed by atoms with Gasteiger partial charge in [0.1, 0.15) is 10.6 Å². The minimum Gasteiger partial charge on any atom is -0.465 e. The zero-order valence-corrected chi connectivity index (χ0v) is 19.9. The van der Waals surface area contributed by atoms with Gasteiger partial charge < -0.3 is 14.6 Å². The number of anilines is 1. The molecule has 168 valence electrons. The molecule has 1 aromatic carbocycles. The number of methoxy groups -OCH3 is 1. The molecule has 33 heavy (non-hydrogen) atoms. The molecule has 3 aromatic heterocycles. The Morgan fingerprint density at radius 1 is 1.12 bits per heavy atom. The Morgan fingerprint density at radius 2 is 1.88 bits per heavy atom. The smallest absolute Gasteiger partial charge is 0.341 e. The lowest BCUT2D eigenvalue weighted by molar-refractivity contribution is -0.113. The number of aryl methyl sites for hydroxylation is 1. The third-order valence-electron chi connectivity index (χ3n) is 4.88. The normalized spacial score (nSPS) is 10.8. The van der Waals surface area contributed by atoms with Crippen LogP contribution in [-0.2, 0) is 16.6 Å². The van der Waals surface area contributed by atoms with E-state index in [1.807, 2.05) is 61.0 Å². The van der Waals surface area contributed by atoms with Gasteiger partial charge in [-0.15, -0.1) is 21.5 Å². The van der Waals surface area contributed by atoms with E-state index in [9.17, 15) is 9.59 Å². The molecular weight excluding hydrogens is 458 g/mol. The monoisotopic (exact) mass is 479 g/mol. The molecule has 0 aliphatic carbocycles. The van der Waals surface area contributed by atoms with Crippen LogP contribution in [0.1, 0.15) is 15.2 Å². The van der Waals surface area contributed by atoms with Crippen molar-refractivity contribution in [2.75, 3.05) is 18.2 Å². The van der Waals surface area contributed by atoms with Crippen molar-refractivity contribution in [1.29, 1.82) is 0 Å². The Labute approximate surface area is 199 Å². The molecule has 0 saturated carbocycles. The summed E-state index contributed by atoms with van der Waals surface area (Å²) in [6, 6.07) is 13.3. The van der Waals surface area contributed by atoms with E-state index in [-0.39, 0.29) is 11.7 Å². The first-order valence-corrected chi connectivity index (χ1v) is 11.8. The summed E-state index contributed by atoms with van der Waals surface area (Å²) in [6.45, 7) is 1.92. The molecule has 0 unspecified atom stereocenters. The molecule has 0 spiro atoms. The van der Waals surface area contributed by atoms with E-state index < -0.39 is 5.97 Å². The third-order valence-corrected chi connectivity index (χ3v) is 6.92. The number of carbonyl (C=O) groups excluding carboxylic acids is 2. The van der Waals surface area contributed by atoms with Gasteiger partial charge in [0.25, 0.3) is 0 Å². The van der Waals surface area contributed by atoms with Gasteiger partial charge >= 0.3 is 5.97 Å². The lowest BCUT2D eigenvalue weighted by Gasteiger charge is -2.08. The number of ether oxygens (including phenoxy) is 1. The molecule has 10 heteroatoms. The standard InChI is InChI=1S/C23H21N5O3S2/c1-14-18(15-8-5-4-6-9-15)19(22(30)31-3)21(33-14)25-17(29)13-32-23-27-26-20(28(23)2)16-10-7-11-24-12-16/h4-12H,13H2,1-3H3,(H,25,29). The second-order valence-corrected chi connectivity index (χ2v) is 9.21. The van der Waals surface area contributed by atoms with E-state index in [0.717, 1.165) is 21.6 Å². The Hall–Kier alpha value is -3.50. The van der Waals surface area contributed by atoms with Gasteiger partial charge in [0, 0.05) is 35.4 Å². The van der Waals surface area contributed by atoms with E-state index in [1.165, 1.54) is 30.2 Å². The highest BCUT2D eigenvalue weighted by Crippen LogP contribution is 2.40. The zero-order chi connectivity index (χ0) is 23.4. The molecular formula is C23H21N5O3S2. The number of thioether (sulfide) groups is 1. The van der Waals surface area contributed by atoms with Gasteiger partial charge in [-0.2, -0.15) is 0 Å². The second kappa shape index (κ2) is 9.97. The second-order valence-electron chi connectivity index (χ2n) is 7.04. The number of esters is 1. The fourth-order valence-corrected chi connectivity index (χ4v) is 5.15. The molecule has 3 heterocycles. The van der Waals surface area contributed by atoms with Gasteiger partial charge in [-0.1, -0.05) is 42.1 Å². The van der Waals surface area contributed by atoms with Crippen molar-refractivity contribution < 1.29 is 14.3 Å². The molecule has 4 rings (SSSR count). The number of thiophene rings is 1. The summed E-state index contributed by atoms with van der Waals surface area (Å²) in [4.78, 5) is 30.4. The van der Waals surface area contributed by atoms with Crippen LogP contribution in [-0.4, -0.2) is 44.5 Å². The maximum Gasteiger partial charge on any atom is 0.341 e. The first kappa shape index (κ1) is 22.7. The Morgan fingerprint density at radius 3 is 2.58 bits per heavy atom. The highest BCUT2D eigenvalue weighted by atomic mass is 32.2. The van der Waals surface area contributed by atoms with Crippen molar-refractivity contribution in [3.63, 3.8) is 0 Å². The van der Waals surface area contributed by atoms with Crippen LogP contribution in [0.15, 0.2) is 60.0 Å². The first-order chi connectivity index (χ1) is 16.0. The Bertz CT molecular complexity index is 1290. The number of pyridine rings is 1. The molecule has 0 bridgehead atoms. The zero-order valence-electron chi connectivity index (χ0n) is 18.2. The highest BCUT2D eigenvalue weighted by Gasteiger charge is 2.25. The van der Waals surface area contributed by atoms with Crippen LogP contribution >= 0.6 is 23.1 Å². The fraction of sp³-hybridized carbons (Fsp3) is 0.174. The van der Waals surface area contributed by atoms with Crippen LogP contribution in [0.25, 0.3) is 22.5 Å². The SMILES string of the molecule is COC(=O)c1c(NC(=O)CSc2nnc(-c3cccnc3)n2C)sc(C)c1-c1ccccc1. The van der Waals surface area contributed by atoms with Crippen molar-refractivity contribution in [3.05, 3.63) is 65.3 Å². The first-order valence-electron chi connectivity index (χ1n) is 9.99. The van der Waals surface area contributed by atoms with Gasteiger partial charge in [0.05, 0.1) is 12.9 Å². The molecule has 0 aliphatic rings. The molecule has 0 fully saturated rings. The molecule has 0 atom stereocenters. The summed E-state index contributed by atoms with van der Waals surface area (Å²) in [5.41, 5.74) is 2.87. The summed E-state index contributed by atoms with van der Waals surface area (Å²) >= 11 is 2.61. The predicted octanol–water partition coefficient (Wildman–Crippen LogP) is 4.43. The topological polar surface area (TPSA) is 99.0 Å². The third kappa shape index (κ3) is 4.81. The summed E-state index contributed by atoms with van der Waals surface area (Å²) in [6.07, 6.45) is 3.40. The minimum absolute atomic E-state index is 0.108. The van der Waals surface area contributed by atoms with E-state index >= 15 is 0 Å². The van der Waals surface area contributed by atoms with Gasteiger partial charge in [0.15, 0.2) is 11.0 Å². The number of hydrogen-bond acceptors (Lipinski definition) is 8. The van der Waals surface area contributed by atoms with Crippen LogP contribution < -0.4 is 5.32 Å². The van der Waals surface area contributed by atoms with Crippen molar-refractivity contribution in [1.82, 2.24) is 19.7 Å². The summed E-state index contributed by atoms with van der Waals surface area (Å²) in [5, 5.41) is 12.3. The average Bonchev–Trinajstić information content (AvgIpc) is 3.37. The van der Waals surface area contributed by atoms with Crippen LogP contribution in [0.2, 0.25) is 0 Å². The summed E-state index contributed by atoms with van der Waals surface area (Å²) in [5.74, 6) is 0.0323. The number of aromatic nitrogens is 4. The van der Waals surface area contributed by atoms with E-state index in [2.05, 4.69) is 20.5 Å². The Balaban J connectivity index is 1.52. The van der Waals surface area contributed by atoms with Gasteiger partial charge in [-0.05, 0) is 24.6 Å². The number of nitrogens with one attached hydrogen (secondary N) is 1. The molecule has 8 nitrogen and oxygen atoms in total. The Kier molecular flexibility index (Phi) is 6.85. The van der Waals surface area contributed by atoms with E-state index in [0.29, 0.717) is 21.5 Å². The maximum atomic E-state index is 12.7. The molecule has 0 saturated heterocycles. The van der Waals surface area contributed by atoms with E-state index in [4.69, 9.17) is 4.74 Å². The van der Waals surface area contributed by atoms with Gasteiger partial charge in [-0.3, -0.25) is 9.78 Å². The number of amides is 1. The van der Waals surface area contributed by atoms with Crippen molar-refractivity contribution in [3.8, 4) is 22.5 Å². The van der Waals surface area contributed by atoms with Crippen molar-refractivity contribution >= 4 is 40.0 Å². The number of benzene rings is 1. The average molecular weight is 480 g/mol. The van der Waals surface area contributed by atoms with Crippen molar-refractivity contribution in [2.45, 2.75) is 12.1 Å². The maximum absolute atomic E-state index is 12.7.